The van der Waals surface area contributed by atoms with E-state index in [0.29, 0.717) is 22.6 Å². The summed E-state index contributed by atoms with van der Waals surface area (Å²) in [6, 6.07) is 0.696. The van der Waals surface area contributed by atoms with Crippen molar-refractivity contribution in [2.75, 3.05) is 0 Å². The van der Waals surface area contributed by atoms with Crippen molar-refractivity contribution in [2.24, 2.45) is 29.2 Å². The van der Waals surface area contributed by atoms with E-state index >= 15 is 0 Å². The van der Waals surface area contributed by atoms with Gasteiger partial charge in [-0.3, -0.25) is 0 Å². The first-order valence-electron chi connectivity index (χ1n) is 14.7. The van der Waals surface area contributed by atoms with Crippen LogP contribution in [0.2, 0.25) is 0 Å². The first-order valence-corrected chi connectivity index (χ1v) is 16.2. The smallest absolute Gasteiger partial charge is 0.0352 e. The summed E-state index contributed by atoms with van der Waals surface area (Å²) >= 11 is 6.53. The van der Waals surface area contributed by atoms with Crippen LogP contribution in [0.1, 0.15) is 137 Å². The quantitative estimate of drug-likeness (QED) is 0.333. The average Bonchev–Trinajstić information content (AvgIpc) is 2.81. The van der Waals surface area contributed by atoms with Crippen molar-refractivity contribution in [3.05, 3.63) is 0 Å². The van der Waals surface area contributed by atoms with Crippen LogP contribution in [0.4, 0.5) is 0 Å². The van der Waals surface area contributed by atoms with Gasteiger partial charge in [-0.15, -0.1) is 0 Å². The Hall–Kier alpha value is 0.620. The number of nitrogens with two attached hydrogens (primary N) is 2. The molecule has 0 heterocycles. The highest BCUT2D eigenvalue weighted by Gasteiger charge is 2.31. The predicted molar refractivity (Wildman–Crippen MR) is 157 cm³/mol. The molecule has 0 radical (unpaired) electrons. The Balaban J connectivity index is 0.000000258. The summed E-state index contributed by atoms with van der Waals surface area (Å²) in [7, 11) is 0. The topological polar surface area (TPSA) is 52.0 Å². The fourth-order valence-corrected chi connectivity index (χ4v) is 7.96. The van der Waals surface area contributed by atoms with Crippen molar-refractivity contribution in [3.63, 3.8) is 0 Å². The highest BCUT2D eigenvalue weighted by atomic mass is 32.2. The van der Waals surface area contributed by atoms with Gasteiger partial charge in [-0.2, -0.15) is 24.4 Å². The lowest BCUT2D eigenvalue weighted by atomic mass is 9.84. The van der Waals surface area contributed by atoms with Gasteiger partial charge in [0.2, 0.25) is 0 Å². The maximum absolute atomic E-state index is 6.19. The minimum Gasteiger partial charge on any atom is -0.327 e. The second-order valence-corrected chi connectivity index (χ2v) is 13.6. The van der Waals surface area contributed by atoms with Gasteiger partial charge in [0.15, 0.2) is 0 Å². The summed E-state index contributed by atoms with van der Waals surface area (Å²) in [6.07, 6.45) is 22.0. The Morgan fingerprint density at radius 1 is 0.576 bits per heavy atom. The molecule has 4 N–H and O–H groups in total. The molecule has 0 saturated heterocycles. The van der Waals surface area contributed by atoms with Crippen LogP contribution in [0, 0.1) is 17.8 Å². The molecule has 4 atom stereocenters. The fourth-order valence-electron chi connectivity index (χ4n) is 5.69. The molecule has 4 rings (SSSR count). The van der Waals surface area contributed by atoms with Crippen molar-refractivity contribution < 1.29 is 0 Å². The minimum absolute atomic E-state index is 0.348. The fraction of sp³-hybridized carbons (Fsp3) is 1.00. The van der Waals surface area contributed by atoms with E-state index in [4.69, 9.17) is 11.5 Å². The van der Waals surface area contributed by atoms with Crippen molar-refractivity contribution in [1.82, 2.24) is 0 Å². The molecule has 0 amide bonds. The molecule has 4 fully saturated rings. The molecule has 0 aromatic rings. The third-order valence-electron chi connectivity index (χ3n) is 8.03. The van der Waals surface area contributed by atoms with Crippen molar-refractivity contribution in [1.29, 1.82) is 0 Å². The van der Waals surface area contributed by atoms with Gasteiger partial charge in [0.1, 0.15) is 0 Å². The molecule has 4 aliphatic carbocycles. The lowest BCUT2D eigenvalue weighted by Crippen LogP contribution is -2.49. The van der Waals surface area contributed by atoms with E-state index in [9.17, 15) is 0 Å². The van der Waals surface area contributed by atoms with Crippen molar-refractivity contribution in [2.45, 2.75) is 165 Å². The standard InChI is InChI=1S/C12H24N2S.C8H16.C7H14S.C2H6/c13-10-7-4-8-11(14)12(10)15-9-5-2-1-3-6-9;1-7-3-5-8(2)6-4-7;1-6-3-2-4-7(8)5-6;1-2/h9-12H,1-8,13-14H2;7-8H,3-6H2,1-2H3;6-8H,2-5H2,1H3;1-2H3. The maximum Gasteiger partial charge on any atom is 0.0352 e. The SMILES string of the molecule is CC.CC1CCC(C)CC1.CC1CCCC(S)C1.NC1CCCC(N)C1SC1CCCCC1. The van der Waals surface area contributed by atoms with Gasteiger partial charge in [-0.1, -0.05) is 98.8 Å². The van der Waals surface area contributed by atoms with Gasteiger partial charge in [0, 0.05) is 27.8 Å². The van der Waals surface area contributed by atoms with Gasteiger partial charge >= 0.3 is 0 Å². The molecule has 4 saturated carbocycles. The van der Waals surface area contributed by atoms with Gasteiger partial charge in [-0.05, 0) is 56.3 Å². The summed E-state index contributed by atoms with van der Waals surface area (Å²) in [5.74, 6) is 2.98. The monoisotopic (exact) mass is 500 g/mol. The van der Waals surface area contributed by atoms with E-state index in [2.05, 4.69) is 45.2 Å². The Morgan fingerprint density at radius 3 is 1.48 bits per heavy atom. The van der Waals surface area contributed by atoms with E-state index in [0.717, 1.165) is 23.0 Å². The minimum atomic E-state index is 0.348. The van der Waals surface area contributed by atoms with Crippen LogP contribution >= 0.6 is 24.4 Å². The second-order valence-electron chi connectivity index (χ2n) is 11.4. The zero-order valence-corrected chi connectivity index (χ0v) is 24.7. The Morgan fingerprint density at radius 2 is 1.06 bits per heavy atom. The van der Waals surface area contributed by atoms with Crippen LogP contribution in [-0.2, 0) is 0 Å². The number of hydrogen-bond acceptors (Lipinski definition) is 4. The number of thioether (sulfide) groups is 1. The van der Waals surface area contributed by atoms with Gasteiger partial charge in [0.05, 0.1) is 0 Å². The molecular weight excluding hydrogens is 440 g/mol. The number of hydrogen-bond donors (Lipinski definition) is 3. The normalized spacial score (nSPS) is 37.3. The van der Waals surface area contributed by atoms with E-state index in [-0.39, 0.29) is 0 Å². The molecule has 4 heteroatoms. The first kappa shape index (κ1) is 31.6. The molecule has 0 aromatic carbocycles. The molecule has 0 aromatic heterocycles. The largest absolute Gasteiger partial charge is 0.327 e. The summed E-state index contributed by atoms with van der Waals surface area (Å²) in [4.78, 5) is 0. The summed E-state index contributed by atoms with van der Waals surface area (Å²) < 4.78 is 0. The Labute approximate surface area is 218 Å². The molecule has 0 spiro atoms. The number of thiol groups is 1. The maximum atomic E-state index is 6.19. The van der Waals surface area contributed by atoms with Crippen LogP contribution < -0.4 is 11.5 Å². The lowest BCUT2D eigenvalue weighted by Gasteiger charge is -2.36. The summed E-state index contributed by atoms with van der Waals surface area (Å²) in [5.41, 5.74) is 12.4. The molecule has 33 heavy (non-hydrogen) atoms. The summed E-state index contributed by atoms with van der Waals surface area (Å²) in [6.45, 7) is 11.1. The van der Waals surface area contributed by atoms with Crippen LogP contribution in [0.3, 0.4) is 0 Å². The molecule has 0 bridgehead atoms. The molecule has 198 valence electrons. The Bertz CT molecular complexity index is 419. The predicted octanol–water partition coefficient (Wildman–Crippen LogP) is 8.61. The van der Waals surface area contributed by atoms with Crippen LogP contribution in [0.15, 0.2) is 0 Å². The zero-order valence-electron chi connectivity index (χ0n) is 22.9. The highest BCUT2D eigenvalue weighted by Crippen LogP contribution is 2.36. The van der Waals surface area contributed by atoms with Gasteiger partial charge in [0.25, 0.3) is 0 Å². The second kappa shape index (κ2) is 18.8. The van der Waals surface area contributed by atoms with Crippen LogP contribution in [0.25, 0.3) is 0 Å². The van der Waals surface area contributed by atoms with E-state index in [1.54, 1.807) is 0 Å². The van der Waals surface area contributed by atoms with E-state index < -0.39 is 0 Å². The third kappa shape index (κ3) is 14.1. The molecule has 2 nitrogen and oxygen atoms in total. The van der Waals surface area contributed by atoms with E-state index in [1.165, 1.54) is 103 Å². The first-order chi connectivity index (χ1) is 15.8. The lowest BCUT2D eigenvalue weighted by molar-refractivity contribution is 0.308. The van der Waals surface area contributed by atoms with Crippen molar-refractivity contribution >= 4 is 24.4 Å². The molecular formula is C29H60N2S2. The summed E-state index contributed by atoms with van der Waals surface area (Å²) in [5, 5.41) is 2.08. The average molecular weight is 501 g/mol. The van der Waals surface area contributed by atoms with E-state index in [1.807, 2.05) is 13.8 Å². The number of rotatable bonds is 2. The Kier molecular flexibility index (Phi) is 18.1. The molecule has 0 aliphatic heterocycles. The highest BCUT2D eigenvalue weighted by molar-refractivity contribution is 8.00. The molecule has 4 unspecified atom stereocenters. The van der Waals surface area contributed by atoms with Crippen molar-refractivity contribution in [3.8, 4) is 0 Å². The van der Waals surface area contributed by atoms with Gasteiger partial charge in [-0.25, -0.2) is 0 Å². The van der Waals surface area contributed by atoms with Crippen LogP contribution in [-0.4, -0.2) is 27.8 Å². The molecule has 4 aliphatic rings. The van der Waals surface area contributed by atoms with Gasteiger partial charge < -0.3 is 11.5 Å². The zero-order chi connectivity index (χ0) is 24.6. The van der Waals surface area contributed by atoms with Crippen LogP contribution in [0.5, 0.6) is 0 Å². The third-order valence-corrected chi connectivity index (χ3v) is 10.4.